The van der Waals surface area contributed by atoms with Crippen molar-refractivity contribution in [1.29, 1.82) is 0 Å². The summed E-state index contributed by atoms with van der Waals surface area (Å²) in [5.74, 6) is 1.50. The molecule has 0 unspecified atom stereocenters. The molecule has 2 N–H and O–H groups in total. The van der Waals surface area contributed by atoms with Crippen molar-refractivity contribution in [3.05, 3.63) is 60.9 Å². The van der Waals surface area contributed by atoms with Gasteiger partial charge in [-0.15, -0.1) is 10.2 Å². The molecule has 0 saturated heterocycles. The summed E-state index contributed by atoms with van der Waals surface area (Å²) >= 11 is 0. The SMILES string of the molecule is c1ccc(-c2cc[nH]c2N=Nc2ccc[nH]2)cc1. The summed E-state index contributed by atoms with van der Waals surface area (Å²) < 4.78 is 0. The predicted molar refractivity (Wildman–Crippen MR) is 71.2 cm³/mol. The summed E-state index contributed by atoms with van der Waals surface area (Å²) in [6.45, 7) is 0. The minimum absolute atomic E-state index is 0.739. The number of aromatic amines is 2. The van der Waals surface area contributed by atoms with Crippen LogP contribution in [0, 0.1) is 0 Å². The molecular weight excluding hydrogens is 224 g/mol. The number of hydrogen-bond donors (Lipinski definition) is 2. The maximum atomic E-state index is 4.22. The van der Waals surface area contributed by atoms with E-state index in [4.69, 9.17) is 0 Å². The largest absolute Gasteiger partial charge is 0.345 e. The molecule has 0 aliphatic heterocycles. The van der Waals surface area contributed by atoms with Gasteiger partial charge in [-0.2, -0.15) is 0 Å². The van der Waals surface area contributed by atoms with Crippen molar-refractivity contribution in [2.24, 2.45) is 10.2 Å². The summed E-state index contributed by atoms with van der Waals surface area (Å²) in [6.07, 6.45) is 3.69. The molecule has 3 aromatic rings. The molecule has 0 spiro atoms. The number of H-pyrrole nitrogens is 2. The Kier molecular flexibility index (Phi) is 2.75. The topological polar surface area (TPSA) is 56.3 Å². The van der Waals surface area contributed by atoms with Crippen LogP contribution in [0.15, 0.2) is 71.2 Å². The number of hydrogen-bond acceptors (Lipinski definition) is 2. The van der Waals surface area contributed by atoms with Crippen LogP contribution in [0.4, 0.5) is 11.6 Å². The lowest BCUT2D eigenvalue weighted by atomic mass is 10.1. The Hall–Kier alpha value is -2.62. The summed E-state index contributed by atoms with van der Waals surface area (Å²) in [5.41, 5.74) is 2.17. The van der Waals surface area contributed by atoms with Gasteiger partial charge in [0.15, 0.2) is 11.6 Å². The van der Waals surface area contributed by atoms with E-state index >= 15 is 0 Å². The van der Waals surface area contributed by atoms with Gasteiger partial charge >= 0.3 is 0 Å². The number of aromatic nitrogens is 2. The van der Waals surface area contributed by atoms with Gasteiger partial charge in [0.2, 0.25) is 0 Å². The van der Waals surface area contributed by atoms with E-state index in [1.165, 1.54) is 0 Å². The minimum Gasteiger partial charge on any atom is -0.345 e. The Morgan fingerprint density at radius 2 is 1.61 bits per heavy atom. The van der Waals surface area contributed by atoms with Crippen LogP contribution in [0.5, 0.6) is 0 Å². The molecule has 0 amide bonds. The van der Waals surface area contributed by atoms with Crippen LogP contribution in [0.2, 0.25) is 0 Å². The quantitative estimate of drug-likeness (QED) is 0.632. The third-order valence-corrected chi connectivity index (χ3v) is 2.65. The highest BCUT2D eigenvalue weighted by Gasteiger charge is 2.04. The molecule has 18 heavy (non-hydrogen) atoms. The lowest BCUT2D eigenvalue weighted by Gasteiger charge is -1.98. The highest BCUT2D eigenvalue weighted by molar-refractivity contribution is 5.73. The first-order chi connectivity index (χ1) is 8.93. The number of rotatable bonds is 3. The molecule has 2 aromatic heterocycles. The van der Waals surface area contributed by atoms with Crippen molar-refractivity contribution in [2.75, 3.05) is 0 Å². The molecule has 0 saturated carbocycles. The molecule has 0 aliphatic carbocycles. The Balaban J connectivity index is 1.93. The Morgan fingerprint density at radius 1 is 0.722 bits per heavy atom. The number of benzene rings is 1. The molecule has 1 aromatic carbocycles. The smallest absolute Gasteiger partial charge is 0.160 e. The number of nitrogens with zero attached hydrogens (tertiary/aromatic N) is 2. The molecule has 3 rings (SSSR count). The van der Waals surface area contributed by atoms with Gasteiger partial charge in [0.1, 0.15) is 0 Å². The summed E-state index contributed by atoms with van der Waals surface area (Å²) in [7, 11) is 0. The third-order valence-electron chi connectivity index (χ3n) is 2.65. The zero-order chi connectivity index (χ0) is 12.2. The predicted octanol–water partition coefficient (Wildman–Crippen LogP) is 4.43. The van der Waals surface area contributed by atoms with E-state index in [0.717, 1.165) is 22.8 Å². The zero-order valence-corrected chi connectivity index (χ0v) is 9.67. The van der Waals surface area contributed by atoms with Gasteiger partial charge in [-0.25, -0.2) is 0 Å². The standard InChI is InChI=1S/C14H12N4/c1-2-5-11(6-3-1)12-8-10-16-14(12)18-17-13-7-4-9-15-13/h1-10,15-16H. The van der Waals surface area contributed by atoms with Crippen LogP contribution in [0.1, 0.15) is 0 Å². The van der Waals surface area contributed by atoms with Gasteiger partial charge in [0.05, 0.1) is 0 Å². The van der Waals surface area contributed by atoms with Gasteiger partial charge in [-0.05, 0) is 23.8 Å². The molecule has 0 radical (unpaired) electrons. The van der Waals surface area contributed by atoms with Crippen LogP contribution in [-0.2, 0) is 0 Å². The third kappa shape index (κ3) is 2.08. The molecule has 4 nitrogen and oxygen atoms in total. The average Bonchev–Trinajstić information content (AvgIpc) is 3.09. The van der Waals surface area contributed by atoms with Crippen LogP contribution < -0.4 is 0 Å². The Morgan fingerprint density at radius 3 is 2.39 bits per heavy atom. The van der Waals surface area contributed by atoms with Crippen molar-refractivity contribution >= 4 is 11.6 Å². The van der Waals surface area contributed by atoms with Crippen molar-refractivity contribution in [1.82, 2.24) is 9.97 Å². The molecule has 0 atom stereocenters. The Bertz CT molecular complexity index is 636. The van der Waals surface area contributed by atoms with E-state index in [1.807, 2.05) is 48.8 Å². The first kappa shape index (κ1) is 10.5. The maximum absolute atomic E-state index is 4.22. The Labute approximate surface area is 104 Å². The fourth-order valence-corrected chi connectivity index (χ4v) is 1.78. The molecule has 0 aliphatic rings. The van der Waals surface area contributed by atoms with Crippen molar-refractivity contribution in [2.45, 2.75) is 0 Å². The van der Waals surface area contributed by atoms with Gasteiger partial charge in [0, 0.05) is 18.0 Å². The van der Waals surface area contributed by atoms with E-state index in [2.05, 4.69) is 32.3 Å². The van der Waals surface area contributed by atoms with E-state index < -0.39 is 0 Å². The fraction of sp³-hybridized carbons (Fsp3) is 0. The van der Waals surface area contributed by atoms with Gasteiger partial charge in [-0.3, -0.25) is 0 Å². The highest BCUT2D eigenvalue weighted by atomic mass is 15.2. The van der Waals surface area contributed by atoms with Crippen molar-refractivity contribution in [3.63, 3.8) is 0 Å². The second-order valence-corrected chi connectivity index (χ2v) is 3.86. The van der Waals surface area contributed by atoms with Crippen molar-refractivity contribution in [3.8, 4) is 11.1 Å². The first-order valence-corrected chi connectivity index (χ1v) is 5.71. The van der Waals surface area contributed by atoms with Gasteiger partial charge in [-0.1, -0.05) is 30.3 Å². The molecule has 4 heteroatoms. The van der Waals surface area contributed by atoms with E-state index in [0.29, 0.717) is 0 Å². The molecule has 88 valence electrons. The fourth-order valence-electron chi connectivity index (χ4n) is 1.78. The number of azo groups is 1. The monoisotopic (exact) mass is 236 g/mol. The summed E-state index contributed by atoms with van der Waals surface area (Å²) in [6, 6.07) is 15.9. The lowest BCUT2D eigenvalue weighted by molar-refractivity contribution is 1.15. The lowest BCUT2D eigenvalue weighted by Crippen LogP contribution is -1.73. The van der Waals surface area contributed by atoms with E-state index in [9.17, 15) is 0 Å². The van der Waals surface area contributed by atoms with E-state index in [-0.39, 0.29) is 0 Å². The van der Waals surface area contributed by atoms with E-state index in [1.54, 1.807) is 0 Å². The molecule has 2 heterocycles. The zero-order valence-electron chi connectivity index (χ0n) is 9.67. The van der Waals surface area contributed by atoms with Crippen LogP contribution >= 0.6 is 0 Å². The van der Waals surface area contributed by atoms with Gasteiger partial charge in [0.25, 0.3) is 0 Å². The normalized spacial score (nSPS) is 11.1. The first-order valence-electron chi connectivity index (χ1n) is 5.71. The molecule has 0 bridgehead atoms. The molecule has 0 fully saturated rings. The average molecular weight is 236 g/mol. The number of nitrogens with one attached hydrogen (secondary N) is 2. The maximum Gasteiger partial charge on any atom is 0.160 e. The summed E-state index contributed by atoms with van der Waals surface area (Å²) in [4.78, 5) is 6.08. The second-order valence-electron chi connectivity index (χ2n) is 3.86. The minimum atomic E-state index is 0.739. The van der Waals surface area contributed by atoms with Crippen LogP contribution in [-0.4, -0.2) is 9.97 Å². The van der Waals surface area contributed by atoms with Crippen LogP contribution in [0.25, 0.3) is 11.1 Å². The van der Waals surface area contributed by atoms with Crippen molar-refractivity contribution < 1.29 is 0 Å². The summed E-state index contributed by atoms with van der Waals surface area (Å²) in [5, 5.41) is 8.36. The molecular formula is C14H12N4. The van der Waals surface area contributed by atoms with Crippen LogP contribution in [0.3, 0.4) is 0 Å². The van der Waals surface area contributed by atoms with Gasteiger partial charge < -0.3 is 9.97 Å². The highest BCUT2D eigenvalue weighted by Crippen LogP contribution is 2.29. The second kappa shape index (κ2) is 4.71.